The summed E-state index contributed by atoms with van der Waals surface area (Å²) in [6.07, 6.45) is 8.74. The average Bonchev–Trinajstić information content (AvgIpc) is 3.15. The van der Waals surface area contributed by atoms with E-state index in [0.717, 1.165) is 40.8 Å². The van der Waals surface area contributed by atoms with E-state index in [-0.39, 0.29) is 0 Å². The van der Waals surface area contributed by atoms with Gasteiger partial charge >= 0.3 is 0 Å². The van der Waals surface area contributed by atoms with Crippen molar-refractivity contribution < 1.29 is 0 Å². The van der Waals surface area contributed by atoms with Crippen LogP contribution in [0.1, 0.15) is 36.8 Å². The Balaban J connectivity index is 1.32. The van der Waals surface area contributed by atoms with Crippen LogP contribution < -0.4 is 5.32 Å². The maximum Gasteiger partial charge on any atom is 0.158 e. The second kappa shape index (κ2) is 8.27. The van der Waals surface area contributed by atoms with Gasteiger partial charge in [0.25, 0.3) is 0 Å². The molecule has 1 aromatic carbocycles. The third-order valence-corrected chi connectivity index (χ3v) is 6.01. The summed E-state index contributed by atoms with van der Waals surface area (Å²) in [5.74, 6) is 2.48. The predicted octanol–water partition coefficient (Wildman–Crippen LogP) is 4.17. The molecule has 2 N–H and O–H groups in total. The van der Waals surface area contributed by atoms with Gasteiger partial charge in [-0.15, -0.1) is 0 Å². The highest BCUT2D eigenvalue weighted by atomic mass is 15.1. The van der Waals surface area contributed by atoms with Crippen LogP contribution in [0.25, 0.3) is 22.6 Å². The number of likely N-dealkylation sites (tertiary alicyclic amines) is 1. The van der Waals surface area contributed by atoms with E-state index >= 15 is 0 Å². The van der Waals surface area contributed by atoms with Crippen LogP contribution in [0, 0.1) is 19.8 Å². The number of rotatable bonds is 6. The number of nitrogens with zero attached hydrogens (tertiary/aromatic N) is 4. The van der Waals surface area contributed by atoms with Gasteiger partial charge in [-0.3, -0.25) is 0 Å². The van der Waals surface area contributed by atoms with Gasteiger partial charge in [-0.25, -0.2) is 15.0 Å². The summed E-state index contributed by atoms with van der Waals surface area (Å²) in [5, 5.41) is 3.40. The van der Waals surface area contributed by atoms with Crippen molar-refractivity contribution in [2.24, 2.45) is 5.92 Å². The monoisotopic (exact) mass is 378 g/mol. The molecule has 6 nitrogen and oxygen atoms in total. The number of aryl methyl sites for hydroxylation is 2. The molecule has 0 bridgehead atoms. The van der Waals surface area contributed by atoms with Crippen LogP contribution in [0.15, 0.2) is 24.5 Å². The summed E-state index contributed by atoms with van der Waals surface area (Å²) in [5.41, 5.74) is 5.27. The molecule has 2 aromatic heterocycles. The fourth-order valence-electron chi connectivity index (χ4n) is 3.93. The zero-order valence-corrected chi connectivity index (χ0v) is 17.1. The van der Waals surface area contributed by atoms with Gasteiger partial charge in [0.05, 0.1) is 23.4 Å². The maximum atomic E-state index is 4.72. The summed E-state index contributed by atoms with van der Waals surface area (Å²) >= 11 is 0. The molecule has 0 aliphatic carbocycles. The number of hydrogen-bond acceptors (Lipinski definition) is 5. The van der Waals surface area contributed by atoms with Crippen LogP contribution in [0.3, 0.4) is 0 Å². The number of imidazole rings is 1. The molecular weight excluding hydrogens is 348 g/mol. The number of aromatic nitrogens is 4. The molecule has 0 radical (unpaired) electrons. The summed E-state index contributed by atoms with van der Waals surface area (Å²) < 4.78 is 0. The van der Waals surface area contributed by atoms with Crippen LogP contribution >= 0.6 is 0 Å². The molecule has 1 fully saturated rings. The normalized spacial score (nSPS) is 16.0. The molecule has 4 rings (SSSR count). The molecule has 3 aromatic rings. The number of nitrogens with one attached hydrogen (secondary N) is 2. The van der Waals surface area contributed by atoms with E-state index in [2.05, 4.69) is 58.2 Å². The van der Waals surface area contributed by atoms with E-state index in [1.165, 1.54) is 49.9 Å². The van der Waals surface area contributed by atoms with Crippen molar-refractivity contribution in [1.29, 1.82) is 0 Å². The SMILES string of the molecule is Cc1ccc2[nH]c(-c3cnc(NCCCC4CCN(C)CC4)cn3)nc2c1C. The van der Waals surface area contributed by atoms with E-state index in [1.54, 1.807) is 12.4 Å². The lowest BCUT2D eigenvalue weighted by atomic mass is 9.92. The molecule has 0 amide bonds. The number of aromatic amines is 1. The molecule has 1 aliphatic rings. The van der Waals surface area contributed by atoms with Crippen molar-refractivity contribution in [2.75, 3.05) is 32.0 Å². The van der Waals surface area contributed by atoms with Crippen molar-refractivity contribution in [3.8, 4) is 11.5 Å². The fraction of sp³-hybridized carbons (Fsp3) is 0.500. The standard InChI is InChI=1S/C22H30N6/c1-15-6-7-18-21(16(15)2)27-22(26-18)19-13-25-20(14-24-19)23-10-4-5-17-8-11-28(3)12-9-17/h6-7,13-14,17H,4-5,8-12H2,1-3H3,(H,23,25)(H,26,27). The maximum absolute atomic E-state index is 4.72. The lowest BCUT2D eigenvalue weighted by Gasteiger charge is -2.28. The topological polar surface area (TPSA) is 69.7 Å². The first kappa shape index (κ1) is 18.9. The predicted molar refractivity (Wildman–Crippen MR) is 115 cm³/mol. The first-order valence-electron chi connectivity index (χ1n) is 10.3. The Kier molecular flexibility index (Phi) is 5.57. The minimum atomic E-state index is 0.769. The van der Waals surface area contributed by atoms with Gasteiger partial charge in [-0.1, -0.05) is 6.07 Å². The Hall–Kier alpha value is -2.47. The summed E-state index contributed by atoms with van der Waals surface area (Å²) in [4.78, 5) is 19.6. The molecule has 1 saturated heterocycles. The van der Waals surface area contributed by atoms with Crippen LogP contribution in [-0.4, -0.2) is 51.5 Å². The van der Waals surface area contributed by atoms with Crippen LogP contribution in [0.5, 0.6) is 0 Å². The zero-order chi connectivity index (χ0) is 19.5. The van der Waals surface area contributed by atoms with Crippen LogP contribution in [0.4, 0.5) is 5.82 Å². The Labute approximate surface area is 166 Å². The minimum Gasteiger partial charge on any atom is -0.369 e. The first-order valence-corrected chi connectivity index (χ1v) is 10.3. The molecule has 3 heterocycles. The number of anilines is 1. The molecule has 28 heavy (non-hydrogen) atoms. The van der Waals surface area contributed by atoms with Gasteiger partial charge in [0.1, 0.15) is 11.5 Å². The van der Waals surface area contributed by atoms with E-state index in [1.807, 2.05) is 0 Å². The number of piperidine rings is 1. The Morgan fingerprint density at radius 3 is 2.71 bits per heavy atom. The van der Waals surface area contributed by atoms with E-state index in [9.17, 15) is 0 Å². The Morgan fingerprint density at radius 1 is 1.14 bits per heavy atom. The first-order chi connectivity index (χ1) is 13.6. The molecule has 6 heteroatoms. The van der Waals surface area contributed by atoms with E-state index in [0.29, 0.717) is 0 Å². The number of H-pyrrole nitrogens is 1. The highest BCUT2D eigenvalue weighted by molar-refractivity contribution is 5.82. The second-order valence-corrected chi connectivity index (χ2v) is 8.09. The van der Waals surface area contributed by atoms with Crippen molar-refractivity contribution in [2.45, 2.75) is 39.5 Å². The highest BCUT2D eigenvalue weighted by Crippen LogP contribution is 2.24. The largest absolute Gasteiger partial charge is 0.369 e. The van der Waals surface area contributed by atoms with Crippen molar-refractivity contribution in [3.05, 3.63) is 35.7 Å². The van der Waals surface area contributed by atoms with Gasteiger partial charge in [-0.2, -0.15) is 0 Å². The van der Waals surface area contributed by atoms with Crippen LogP contribution in [0.2, 0.25) is 0 Å². The molecule has 1 aliphatic heterocycles. The summed E-state index contributed by atoms with van der Waals surface area (Å²) in [6.45, 7) is 7.64. The Bertz CT molecular complexity index is 922. The lowest BCUT2D eigenvalue weighted by Crippen LogP contribution is -2.30. The summed E-state index contributed by atoms with van der Waals surface area (Å²) in [6, 6.07) is 4.19. The van der Waals surface area contributed by atoms with Gasteiger partial charge in [0, 0.05) is 6.54 Å². The average molecular weight is 379 g/mol. The van der Waals surface area contributed by atoms with Gasteiger partial charge in [0.2, 0.25) is 0 Å². The van der Waals surface area contributed by atoms with E-state index < -0.39 is 0 Å². The van der Waals surface area contributed by atoms with Crippen molar-refractivity contribution in [3.63, 3.8) is 0 Å². The van der Waals surface area contributed by atoms with Crippen molar-refractivity contribution >= 4 is 16.9 Å². The molecule has 148 valence electrons. The minimum absolute atomic E-state index is 0.769. The van der Waals surface area contributed by atoms with Gasteiger partial charge < -0.3 is 15.2 Å². The van der Waals surface area contributed by atoms with E-state index in [4.69, 9.17) is 4.98 Å². The molecule has 0 saturated carbocycles. The fourth-order valence-corrected chi connectivity index (χ4v) is 3.93. The van der Waals surface area contributed by atoms with Crippen molar-refractivity contribution in [1.82, 2.24) is 24.8 Å². The molecular formula is C22H30N6. The van der Waals surface area contributed by atoms with Crippen LogP contribution in [-0.2, 0) is 0 Å². The number of hydrogen-bond donors (Lipinski definition) is 2. The molecule has 0 atom stereocenters. The second-order valence-electron chi connectivity index (χ2n) is 8.09. The Morgan fingerprint density at radius 2 is 1.96 bits per heavy atom. The molecule has 0 spiro atoms. The molecule has 0 unspecified atom stereocenters. The summed E-state index contributed by atoms with van der Waals surface area (Å²) in [7, 11) is 2.22. The zero-order valence-electron chi connectivity index (χ0n) is 17.1. The smallest absolute Gasteiger partial charge is 0.158 e. The number of benzene rings is 1. The van der Waals surface area contributed by atoms with Gasteiger partial charge in [0.15, 0.2) is 5.82 Å². The third-order valence-electron chi connectivity index (χ3n) is 6.01. The van der Waals surface area contributed by atoms with Gasteiger partial charge in [-0.05, 0) is 82.8 Å². The lowest BCUT2D eigenvalue weighted by molar-refractivity contribution is 0.211. The number of fused-ring (bicyclic) bond motifs is 1. The highest BCUT2D eigenvalue weighted by Gasteiger charge is 2.16. The third kappa shape index (κ3) is 4.17. The quantitative estimate of drug-likeness (QED) is 0.630.